The molecule has 4 rings (SSSR count). The van der Waals surface area contributed by atoms with Crippen LogP contribution in [0.2, 0.25) is 0 Å². The normalized spacial score (nSPS) is 44.0. The Bertz CT molecular complexity index is 353. The largest absolute Gasteiger partial charge is 0.0851 e. The van der Waals surface area contributed by atoms with Crippen LogP contribution in [0.25, 0.3) is 0 Å². The molecule has 0 aromatic heterocycles. The second-order valence-electron chi connectivity index (χ2n) is 8.07. The summed E-state index contributed by atoms with van der Waals surface area (Å²) in [5.74, 6) is 6.00. The molecule has 0 aliphatic heterocycles. The lowest BCUT2D eigenvalue weighted by Crippen LogP contribution is -2.07. The fourth-order valence-corrected chi connectivity index (χ4v) is 5.62. The summed E-state index contributed by atoms with van der Waals surface area (Å²) in [5.41, 5.74) is 0. The average Bonchev–Trinajstić information content (AvgIpc) is 3.21. The minimum atomic E-state index is 0.968. The summed E-state index contributed by atoms with van der Waals surface area (Å²) in [7, 11) is 0. The third kappa shape index (κ3) is 2.63. The van der Waals surface area contributed by atoms with Crippen molar-refractivity contribution in [3.8, 4) is 0 Å². The van der Waals surface area contributed by atoms with Gasteiger partial charge in [-0.15, -0.1) is 0 Å². The Morgan fingerprint density at radius 3 is 1.40 bits per heavy atom. The third-order valence-corrected chi connectivity index (χ3v) is 6.73. The van der Waals surface area contributed by atoms with Gasteiger partial charge in [-0.3, -0.25) is 0 Å². The van der Waals surface area contributed by atoms with Gasteiger partial charge in [0.15, 0.2) is 0 Å². The van der Waals surface area contributed by atoms with Gasteiger partial charge in [0.1, 0.15) is 0 Å². The maximum Gasteiger partial charge on any atom is -0.0199 e. The van der Waals surface area contributed by atoms with Gasteiger partial charge in [-0.2, -0.15) is 0 Å². The zero-order chi connectivity index (χ0) is 13.4. The number of hydrogen-bond acceptors (Lipinski definition) is 0. The lowest BCUT2D eigenvalue weighted by molar-refractivity contribution is 0.375. The lowest BCUT2D eigenvalue weighted by Gasteiger charge is -2.19. The summed E-state index contributed by atoms with van der Waals surface area (Å²) in [6, 6.07) is 0. The van der Waals surface area contributed by atoms with Gasteiger partial charge in [0.25, 0.3) is 0 Å². The monoisotopic (exact) mass is 270 g/mol. The van der Waals surface area contributed by atoms with E-state index in [4.69, 9.17) is 0 Å². The first-order valence-electron chi connectivity index (χ1n) is 9.25. The third-order valence-electron chi connectivity index (χ3n) is 6.73. The van der Waals surface area contributed by atoms with Gasteiger partial charge >= 0.3 is 0 Å². The molecule has 4 aliphatic carbocycles. The van der Waals surface area contributed by atoms with Crippen LogP contribution in [0.4, 0.5) is 0 Å². The molecule has 0 N–H and O–H groups in total. The molecule has 6 atom stereocenters. The van der Waals surface area contributed by atoms with E-state index >= 15 is 0 Å². The van der Waals surface area contributed by atoms with E-state index in [1.165, 1.54) is 64.2 Å². The van der Waals surface area contributed by atoms with Gasteiger partial charge in [-0.05, 0) is 74.0 Å². The molecule has 2 fully saturated rings. The summed E-state index contributed by atoms with van der Waals surface area (Å²) in [4.78, 5) is 0. The Morgan fingerprint density at radius 2 is 1.05 bits per heavy atom. The number of fused-ring (bicyclic) bond motifs is 4. The summed E-state index contributed by atoms with van der Waals surface area (Å²) in [6.07, 6.45) is 25.0. The van der Waals surface area contributed by atoms with E-state index in [1.54, 1.807) is 0 Å². The van der Waals surface area contributed by atoms with Crippen LogP contribution in [0.3, 0.4) is 0 Å². The molecule has 0 aromatic rings. The molecule has 0 amide bonds. The van der Waals surface area contributed by atoms with E-state index in [2.05, 4.69) is 24.3 Å². The van der Waals surface area contributed by atoms with Crippen LogP contribution in [0.15, 0.2) is 24.3 Å². The van der Waals surface area contributed by atoms with E-state index in [0.717, 1.165) is 35.5 Å². The first-order chi connectivity index (χ1) is 9.88. The van der Waals surface area contributed by atoms with E-state index in [9.17, 15) is 0 Å². The SMILES string of the molecule is C1=CC2CC1CC2CCCCCCC1CC2C=CC1C2. The maximum atomic E-state index is 2.52. The van der Waals surface area contributed by atoms with Crippen molar-refractivity contribution in [1.82, 2.24) is 0 Å². The van der Waals surface area contributed by atoms with Gasteiger partial charge in [0, 0.05) is 0 Å². The minimum Gasteiger partial charge on any atom is -0.0851 e. The molecule has 0 aromatic carbocycles. The second kappa shape index (κ2) is 5.70. The molecule has 4 bridgehead atoms. The molecule has 4 aliphatic rings. The standard InChI is InChI=1S/C20H30/c1(3-5-17-11-15-7-9-19(17)13-15)2-4-6-18-12-16-8-10-20(18)14-16/h7-10,15-20H,1-6,11-14H2. The van der Waals surface area contributed by atoms with Gasteiger partial charge in [0.05, 0.1) is 0 Å². The van der Waals surface area contributed by atoms with E-state index < -0.39 is 0 Å². The second-order valence-corrected chi connectivity index (χ2v) is 8.07. The summed E-state index contributed by atoms with van der Waals surface area (Å²) >= 11 is 0. The van der Waals surface area contributed by atoms with Crippen LogP contribution in [0.5, 0.6) is 0 Å². The average molecular weight is 270 g/mol. The quantitative estimate of drug-likeness (QED) is 0.408. The molecule has 6 unspecified atom stereocenters. The minimum absolute atomic E-state index is 0.968. The van der Waals surface area contributed by atoms with Crippen molar-refractivity contribution < 1.29 is 0 Å². The van der Waals surface area contributed by atoms with Crippen molar-refractivity contribution in [2.75, 3.05) is 0 Å². The topological polar surface area (TPSA) is 0 Å². The Hall–Kier alpha value is -0.520. The molecule has 0 heteroatoms. The first kappa shape index (κ1) is 13.2. The molecule has 110 valence electrons. The fraction of sp³-hybridized carbons (Fsp3) is 0.800. The Labute approximate surface area is 124 Å². The molecule has 0 saturated heterocycles. The number of rotatable bonds is 7. The van der Waals surface area contributed by atoms with E-state index in [1.807, 2.05) is 0 Å². The zero-order valence-corrected chi connectivity index (χ0v) is 12.8. The molecule has 20 heavy (non-hydrogen) atoms. The predicted octanol–water partition coefficient (Wildman–Crippen LogP) is 5.75. The first-order valence-corrected chi connectivity index (χ1v) is 9.25. The van der Waals surface area contributed by atoms with Crippen LogP contribution < -0.4 is 0 Å². The predicted molar refractivity (Wildman–Crippen MR) is 85.4 cm³/mol. The molecule has 0 heterocycles. The van der Waals surface area contributed by atoms with Crippen molar-refractivity contribution in [1.29, 1.82) is 0 Å². The highest BCUT2D eigenvalue weighted by atomic mass is 14.4. The fourth-order valence-electron chi connectivity index (χ4n) is 5.62. The Balaban J connectivity index is 1.07. The van der Waals surface area contributed by atoms with Gasteiger partial charge in [-0.1, -0.05) is 50.0 Å². The highest BCUT2D eigenvalue weighted by molar-refractivity contribution is 5.10. The molecular formula is C20H30. The number of allylic oxidation sites excluding steroid dienone is 4. The molecular weight excluding hydrogens is 240 g/mol. The van der Waals surface area contributed by atoms with Gasteiger partial charge in [-0.25, -0.2) is 0 Å². The van der Waals surface area contributed by atoms with Crippen molar-refractivity contribution >= 4 is 0 Å². The van der Waals surface area contributed by atoms with E-state index in [0.29, 0.717) is 0 Å². The number of unbranched alkanes of at least 4 members (excludes halogenated alkanes) is 3. The molecule has 0 radical (unpaired) electrons. The lowest BCUT2D eigenvalue weighted by atomic mass is 9.87. The van der Waals surface area contributed by atoms with Gasteiger partial charge < -0.3 is 0 Å². The van der Waals surface area contributed by atoms with E-state index in [-0.39, 0.29) is 0 Å². The Kier molecular flexibility index (Phi) is 3.75. The van der Waals surface area contributed by atoms with Gasteiger partial charge in [0.2, 0.25) is 0 Å². The van der Waals surface area contributed by atoms with Crippen LogP contribution in [0, 0.1) is 35.5 Å². The highest BCUT2D eigenvalue weighted by Crippen LogP contribution is 2.46. The smallest absolute Gasteiger partial charge is 0.0199 e. The molecule has 0 spiro atoms. The highest BCUT2D eigenvalue weighted by Gasteiger charge is 2.35. The van der Waals surface area contributed by atoms with Crippen LogP contribution in [-0.2, 0) is 0 Å². The van der Waals surface area contributed by atoms with Crippen LogP contribution in [-0.4, -0.2) is 0 Å². The van der Waals surface area contributed by atoms with Crippen LogP contribution >= 0.6 is 0 Å². The van der Waals surface area contributed by atoms with Crippen molar-refractivity contribution in [2.24, 2.45) is 35.5 Å². The summed E-state index contributed by atoms with van der Waals surface area (Å²) in [6.45, 7) is 0. The maximum absolute atomic E-state index is 2.52. The number of hydrogen-bond donors (Lipinski definition) is 0. The van der Waals surface area contributed by atoms with Crippen molar-refractivity contribution in [2.45, 2.75) is 64.2 Å². The Morgan fingerprint density at radius 1 is 0.550 bits per heavy atom. The van der Waals surface area contributed by atoms with Crippen LogP contribution in [0.1, 0.15) is 64.2 Å². The summed E-state index contributed by atoms with van der Waals surface area (Å²) in [5, 5.41) is 0. The van der Waals surface area contributed by atoms with Crippen molar-refractivity contribution in [3.05, 3.63) is 24.3 Å². The molecule has 2 saturated carbocycles. The zero-order valence-electron chi connectivity index (χ0n) is 12.8. The molecule has 0 nitrogen and oxygen atoms in total. The summed E-state index contributed by atoms with van der Waals surface area (Å²) < 4.78 is 0. The van der Waals surface area contributed by atoms with Crippen molar-refractivity contribution in [3.63, 3.8) is 0 Å².